The number of anilines is 1. The number of nitrogens with one attached hydrogen (secondary N) is 1. The molecule has 0 unspecified atom stereocenters. The monoisotopic (exact) mass is 443 g/mol. The molecular formula is C19H17N5O2S3. The normalized spacial score (nSPS) is 11.0. The number of hydrogen-bond acceptors (Lipinski definition) is 8. The number of rotatable bonds is 7. The van der Waals surface area contributed by atoms with Crippen LogP contribution in [0.25, 0.3) is 15.9 Å². The molecule has 2 heterocycles. The van der Waals surface area contributed by atoms with Gasteiger partial charge in [-0.05, 0) is 48.7 Å². The Morgan fingerprint density at radius 1 is 1.24 bits per heavy atom. The van der Waals surface area contributed by atoms with E-state index in [2.05, 4.69) is 20.5 Å². The Labute approximate surface area is 179 Å². The Balaban J connectivity index is 1.40. The molecule has 0 aliphatic heterocycles. The van der Waals surface area contributed by atoms with Gasteiger partial charge in [0.05, 0.1) is 23.1 Å². The Hall–Kier alpha value is -2.56. The fourth-order valence-electron chi connectivity index (χ4n) is 2.64. The van der Waals surface area contributed by atoms with Gasteiger partial charge in [-0.2, -0.15) is 0 Å². The van der Waals surface area contributed by atoms with Crippen molar-refractivity contribution in [3.63, 3.8) is 0 Å². The highest BCUT2D eigenvalue weighted by Gasteiger charge is 2.11. The number of thiazole rings is 1. The predicted octanol–water partition coefficient (Wildman–Crippen LogP) is 4.34. The molecule has 7 nitrogen and oxygen atoms in total. The van der Waals surface area contributed by atoms with E-state index in [9.17, 15) is 4.79 Å². The van der Waals surface area contributed by atoms with E-state index in [4.69, 9.17) is 4.74 Å². The smallest absolute Gasteiger partial charge is 0.234 e. The molecule has 148 valence electrons. The molecular weight excluding hydrogens is 426 g/mol. The van der Waals surface area contributed by atoms with Gasteiger partial charge >= 0.3 is 0 Å². The van der Waals surface area contributed by atoms with Gasteiger partial charge in [-0.1, -0.05) is 23.5 Å². The maximum absolute atomic E-state index is 12.4. The first kappa shape index (κ1) is 19.7. The second-order valence-electron chi connectivity index (χ2n) is 5.88. The molecule has 0 spiro atoms. The molecule has 1 N–H and O–H groups in total. The van der Waals surface area contributed by atoms with Crippen LogP contribution in [0.5, 0.6) is 5.75 Å². The molecule has 1 amide bonds. The van der Waals surface area contributed by atoms with Crippen molar-refractivity contribution < 1.29 is 9.53 Å². The molecule has 0 fully saturated rings. The molecule has 0 bridgehead atoms. The summed E-state index contributed by atoms with van der Waals surface area (Å²) in [5.41, 5.74) is 2.61. The zero-order valence-corrected chi connectivity index (χ0v) is 18.1. The van der Waals surface area contributed by atoms with Crippen LogP contribution >= 0.6 is 34.9 Å². The molecule has 0 aliphatic carbocycles. The van der Waals surface area contributed by atoms with Crippen LogP contribution in [0, 0.1) is 0 Å². The third-order valence-electron chi connectivity index (χ3n) is 4.03. The van der Waals surface area contributed by atoms with Gasteiger partial charge < -0.3 is 10.1 Å². The lowest BCUT2D eigenvalue weighted by Crippen LogP contribution is -2.14. The van der Waals surface area contributed by atoms with E-state index < -0.39 is 0 Å². The fraction of sp³-hybridized carbons (Fsp3) is 0.158. The average Bonchev–Trinajstić information content (AvgIpc) is 3.38. The van der Waals surface area contributed by atoms with Crippen LogP contribution in [-0.2, 0) is 4.79 Å². The van der Waals surface area contributed by atoms with E-state index in [0.717, 1.165) is 31.7 Å². The summed E-state index contributed by atoms with van der Waals surface area (Å²) in [6.07, 6.45) is 3.63. The highest BCUT2D eigenvalue weighted by atomic mass is 32.2. The first-order chi connectivity index (χ1) is 14.2. The fourth-order valence-corrected chi connectivity index (χ4v) is 4.90. The largest absolute Gasteiger partial charge is 0.497 e. The number of nitrogens with zero attached hydrogens (tertiary/aromatic N) is 4. The van der Waals surface area contributed by atoms with E-state index >= 15 is 0 Å². The van der Waals surface area contributed by atoms with Crippen molar-refractivity contribution in [2.45, 2.75) is 9.50 Å². The average molecular weight is 444 g/mol. The van der Waals surface area contributed by atoms with Gasteiger partial charge in [-0.3, -0.25) is 9.36 Å². The minimum absolute atomic E-state index is 0.103. The van der Waals surface area contributed by atoms with Crippen molar-refractivity contribution in [1.82, 2.24) is 19.7 Å². The van der Waals surface area contributed by atoms with Gasteiger partial charge in [0.25, 0.3) is 0 Å². The summed E-state index contributed by atoms with van der Waals surface area (Å²) in [5.74, 6) is 0.900. The first-order valence-electron chi connectivity index (χ1n) is 8.58. The summed E-state index contributed by atoms with van der Waals surface area (Å²) >= 11 is 4.56. The van der Waals surface area contributed by atoms with Gasteiger partial charge in [0.1, 0.15) is 12.1 Å². The van der Waals surface area contributed by atoms with Gasteiger partial charge in [-0.15, -0.1) is 21.5 Å². The highest BCUT2D eigenvalue weighted by molar-refractivity contribution is 8.00. The van der Waals surface area contributed by atoms with Crippen molar-refractivity contribution in [1.29, 1.82) is 0 Å². The molecule has 29 heavy (non-hydrogen) atoms. The van der Waals surface area contributed by atoms with Crippen LogP contribution in [0.15, 0.2) is 58.3 Å². The van der Waals surface area contributed by atoms with Crippen molar-refractivity contribution in [3.8, 4) is 11.4 Å². The van der Waals surface area contributed by atoms with Crippen molar-refractivity contribution in [2.75, 3.05) is 24.4 Å². The number of aromatic nitrogens is 4. The maximum atomic E-state index is 12.4. The van der Waals surface area contributed by atoms with E-state index in [-0.39, 0.29) is 11.7 Å². The van der Waals surface area contributed by atoms with E-state index in [0.29, 0.717) is 5.16 Å². The van der Waals surface area contributed by atoms with Crippen LogP contribution in [0.1, 0.15) is 0 Å². The second kappa shape index (κ2) is 8.85. The number of carbonyl (C=O) groups excluding carboxylic acids is 1. The molecule has 0 atom stereocenters. The topological polar surface area (TPSA) is 81.9 Å². The quantitative estimate of drug-likeness (QED) is 0.426. The second-order valence-corrected chi connectivity index (χ2v) is 8.91. The predicted molar refractivity (Wildman–Crippen MR) is 119 cm³/mol. The summed E-state index contributed by atoms with van der Waals surface area (Å²) in [6.45, 7) is 0. The number of carbonyl (C=O) groups is 1. The summed E-state index contributed by atoms with van der Waals surface area (Å²) in [7, 11) is 1.63. The minimum atomic E-state index is -0.103. The summed E-state index contributed by atoms with van der Waals surface area (Å²) in [6, 6.07) is 13.3. The summed E-state index contributed by atoms with van der Waals surface area (Å²) in [5, 5.41) is 11.7. The number of fused-ring (bicyclic) bond motifs is 1. The van der Waals surface area contributed by atoms with Crippen LogP contribution in [0.4, 0.5) is 5.69 Å². The lowest BCUT2D eigenvalue weighted by molar-refractivity contribution is -0.113. The number of methoxy groups -OCH3 is 1. The number of hydrogen-bond donors (Lipinski definition) is 1. The van der Waals surface area contributed by atoms with Crippen molar-refractivity contribution >= 4 is 56.7 Å². The van der Waals surface area contributed by atoms with Crippen molar-refractivity contribution in [2.24, 2.45) is 0 Å². The highest BCUT2D eigenvalue weighted by Crippen LogP contribution is 2.30. The van der Waals surface area contributed by atoms with E-state index in [1.165, 1.54) is 11.8 Å². The van der Waals surface area contributed by atoms with E-state index in [1.807, 2.05) is 53.3 Å². The number of thioether (sulfide) groups is 2. The Kier molecular flexibility index (Phi) is 6.02. The van der Waals surface area contributed by atoms with Crippen LogP contribution in [0.2, 0.25) is 0 Å². The minimum Gasteiger partial charge on any atom is -0.497 e. The van der Waals surface area contributed by atoms with Crippen molar-refractivity contribution in [3.05, 3.63) is 48.8 Å². The molecule has 0 aliphatic rings. The van der Waals surface area contributed by atoms with Gasteiger partial charge in [-0.25, -0.2) is 4.98 Å². The Morgan fingerprint density at radius 2 is 2.07 bits per heavy atom. The molecule has 4 aromatic rings. The Morgan fingerprint density at radius 3 is 2.83 bits per heavy atom. The van der Waals surface area contributed by atoms with E-state index in [1.54, 1.807) is 36.5 Å². The number of benzene rings is 2. The molecule has 2 aromatic carbocycles. The molecule has 4 rings (SSSR count). The standard InChI is InChI=1S/C19H17N5O2S3/c1-26-14-6-4-13(5-7-14)24-11-20-23-18(24)28-10-17(25)21-12-3-8-15-16(9-12)29-19(22-15)27-2/h3-9,11H,10H2,1-2H3,(H,21,25). The van der Waals surface area contributed by atoms with Gasteiger partial charge in [0, 0.05) is 11.4 Å². The lowest BCUT2D eigenvalue weighted by atomic mass is 10.3. The molecule has 0 saturated carbocycles. The summed E-state index contributed by atoms with van der Waals surface area (Å²) < 4.78 is 9.09. The first-order valence-corrected chi connectivity index (χ1v) is 11.6. The number of ether oxygens (including phenoxy) is 1. The summed E-state index contributed by atoms with van der Waals surface area (Å²) in [4.78, 5) is 16.9. The Bertz CT molecular complexity index is 1140. The molecule has 2 aromatic heterocycles. The zero-order valence-electron chi connectivity index (χ0n) is 15.7. The molecule has 10 heteroatoms. The zero-order chi connectivity index (χ0) is 20.2. The third-order valence-corrected chi connectivity index (χ3v) is 6.97. The lowest BCUT2D eigenvalue weighted by Gasteiger charge is -2.08. The third kappa shape index (κ3) is 4.55. The van der Waals surface area contributed by atoms with Crippen LogP contribution in [0.3, 0.4) is 0 Å². The van der Waals surface area contributed by atoms with Crippen LogP contribution < -0.4 is 10.1 Å². The molecule has 0 radical (unpaired) electrons. The SMILES string of the molecule is COc1ccc(-n2cnnc2SCC(=O)Nc2ccc3nc(SC)sc3c2)cc1. The van der Waals surface area contributed by atoms with Gasteiger partial charge in [0.2, 0.25) is 5.91 Å². The maximum Gasteiger partial charge on any atom is 0.234 e. The van der Waals surface area contributed by atoms with Crippen LogP contribution in [-0.4, -0.2) is 44.8 Å². The number of amides is 1. The molecule has 0 saturated heterocycles. The van der Waals surface area contributed by atoms with Gasteiger partial charge in [0.15, 0.2) is 9.50 Å².